The van der Waals surface area contributed by atoms with E-state index in [0.29, 0.717) is 19.3 Å². The Balaban J connectivity index is 4.11. The molecule has 64 heavy (non-hydrogen) atoms. The van der Waals surface area contributed by atoms with Crippen LogP contribution in [0.1, 0.15) is 310 Å². The molecule has 0 bridgehead atoms. The van der Waals surface area contributed by atoms with Gasteiger partial charge >= 0.3 is 17.9 Å². The highest BCUT2D eigenvalue weighted by molar-refractivity contribution is 5.71. The Morgan fingerprint density at radius 3 is 0.859 bits per heavy atom. The summed E-state index contributed by atoms with van der Waals surface area (Å²) in [5, 5.41) is 0. The van der Waals surface area contributed by atoms with Crippen molar-refractivity contribution in [3.05, 3.63) is 24.3 Å². The van der Waals surface area contributed by atoms with Crippen molar-refractivity contribution >= 4 is 17.9 Å². The van der Waals surface area contributed by atoms with Crippen LogP contribution in [0.2, 0.25) is 0 Å². The second kappa shape index (κ2) is 53.5. The topological polar surface area (TPSA) is 78.9 Å². The van der Waals surface area contributed by atoms with E-state index < -0.39 is 6.10 Å². The first-order valence-corrected chi connectivity index (χ1v) is 28.3. The van der Waals surface area contributed by atoms with Gasteiger partial charge in [-0.3, -0.25) is 14.4 Å². The fraction of sp³-hybridized carbons (Fsp3) is 0.879. The van der Waals surface area contributed by atoms with Gasteiger partial charge in [-0.15, -0.1) is 0 Å². The summed E-state index contributed by atoms with van der Waals surface area (Å²) >= 11 is 0. The average molecular weight is 901 g/mol. The molecule has 0 aliphatic rings. The Hall–Kier alpha value is -2.11. The van der Waals surface area contributed by atoms with Crippen LogP contribution in [0.5, 0.6) is 0 Å². The maximum absolute atomic E-state index is 12.8. The third-order valence-corrected chi connectivity index (χ3v) is 12.7. The van der Waals surface area contributed by atoms with E-state index >= 15 is 0 Å². The third-order valence-electron chi connectivity index (χ3n) is 12.7. The van der Waals surface area contributed by atoms with Gasteiger partial charge in [0.05, 0.1) is 0 Å². The minimum absolute atomic E-state index is 0.0664. The normalized spacial score (nSPS) is 12.1. The molecule has 1 unspecified atom stereocenters. The fourth-order valence-corrected chi connectivity index (χ4v) is 8.42. The van der Waals surface area contributed by atoms with Crippen LogP contribution < -0.4 is 0 Å². The van der Waals surface area contributed by atoms with E-state index in [-0.39, 0.29) is 31.1 Å². The number of carbonyl (C=O) groups is 3. The van der Waals surface area contributed by atoms with Gasteiger partial charge in [0.15, 0.2) is 6.10 Å². The van der Waals surface area contributed by atoms with Crippen molar-refractivity contribution in [2.24, 2.45) is 0 Å². The lowest BCUT2D eigenvalue weighted by molar-refractivity contribution is -0.167. The lowest BCUT2D eigenvalue weighted by Gasteiger charge is -2.18. The molecular weight excluding hydrogens is 793 g/mol. The lowest BCUT2D eigenvalue weighted by Crippen LogP contribution is -2.30. The summed E-state index contributed by atoms with van der Waals surface area (Å²) in [6.45, 7) is 6.63. The van der Waals surface area contributed by atoms with E-state index in [1.165, 1.54) is 205 Å². The maximum Gasteiger partial charge on any atom is 0.306 e. The largest absolute Gasteiger partial charge is 0.462 e. The number of carbonyl (C=O) groups excluding carboxylic acids is 3. The zero-order valence-corrected chi connectivity index (χ0v) is 43.1. The summed E-state index contributed by atoms with van der Waals surface area (Å²) in [6.07, 6.45) is 61.9. The highest BCUT2D eigenvalue weighted by Gasteiger charge is 2.19. The Bertz CT molecular complexity index is 1040. The van der Waals surface area contributed by atoms with E-state index in [1.54, 1.807) is 0 Å². The minimum Gasteiger partial charge on any atom is -0.462 e. The van der Waals surface area contributed by atoms with E-state index in [2.05, 4.69) is 45.1 Å². The van der Waals surface area contributed by atoms with Crippen LogP contribution in [0.4, 0.5) is 0 Å². The van der Waals surface area contributed by atoms with Crippen molar-refractivity contribution < 1.29 is 28.6 Å². The number of unbranched alkanes of at least 4 members (excludes halogenated alkanes) is 37. The van der Waals surface area contributed by atoms with E-state index in [0.717, 1.165) is 64.2 Å². The summed E-state index contributed by atoms with van der Waals surface area (Å²) in [7, 11) is 0. The van der Waals surface area contributed by atoms with Crippen molar-refractivity contribution in [2.75, 3.05) is 13.2 Å². The van der Waals surface area contributed by atoms with Crippen molar-refractivity contribution in [3.63, 3.8) is 0 Å². The monoisotopic (exact) mass is 901 g/mol. The van der Waals surface area contributed by atoms with Crippen molar-refractivity contribution in [1.82, 2.24) is 0 Å². The zero-order chi connectivity index (χ0) is 46.5. The third kappa shape index (κ3) is 50.9. The number of hydrogen-bond donors (Lipinski definition) is 0. The molecule has 0 aliphatic carbocycles. The van der Waals surface area contributed by atoms with Crippen LogP contribution >= 0.6 is 0 Å². The molecule has 376 valence electrons. The molecule has 0 amide bonds. The van der Waals surface area contributed by atoms with Crippen molar-refractivity contribution in [1.29, 1.82) is 0 Å². The Labute approximate surface area is 398 Å². The smallest absolute Gasteiger partial charge is 0.306 e. The molecule has 0 heterocycles. The van der Waals surface area contributed by atoms with Gasteiger partial charge in [0, 0.05) is 19.3 Å². The molecule has 0 aromatic heterocycles. The number of ether oxygens (including phenoxy) is 3. The first kappa shape index (κ1) is 61.9. The highest BCUT2D eigenvalue weighted by Crippen LogP contribution is 2.17. The van der Waals surface area contributed by atoms with Crippen LogP contribution in [0.3, 0.4) is 0 Å². The Kier molecular flexibility index (Phi) is 51.7. The molecule has 0 aromatic rings. The van der Waals surface area contributed by atoms with Gasteiger partial charge in [-0.25, -0.2) is 0 Å². The van der Waals surface area contributed by atoms with Crippen LogP contribution in [0, 0.1) is 0 Å². The van der Waals surface area contributed by atoms with Crippen LogP contribution in [-0.2, 0) is 28.6 Å². The van der Waals surface area contributed by atoms with E-state index in [9.17, 15) is 14.4 Å². The molecular formula is C58H108O6. The standard InChI is InChI=1S/C58H108O6/c1-4-7-10-13-16-19-21-23-24-25-26-27-28-29-30-31-32-33-34-36-37-39-42-45-48-51-57(60)63-54-55(53-62-56(59)50-47-44-41-18-15-12-9-6-3)64-58(61)52-49-46-43-40-38-35-22-20-17-14-11-8-5-2/h21,23,25-26,55H,4-20,22,24,27-54H2,1-3H3/b23-21-,26-25-. The average Bonchev–Trinajstić information content (AvgIpc) is 3.29. The Morgan fingerprint density at radius 1 is 0.312 bits per heavy atom. The summed E-state index contributed by atoms with van der Waals surface area (Å²) in [4.78, 5) is 37.9. The first-order chi connectivity index (χ1) is 31.5. The van der Waals surface area contributed by atoms with Crippen LogP contribution in [0.15, 0.2) is 24.3 Å². The zero-order valence-electron chi connectivity index (χ0n) is 43.1. The van der Waals surface area contributed by atoms with Gasteiger partial charge in [-0.1, -0.05) is 263 Å². The van der Waals surface area contributed by atoms with Gasteiger partial charge < -0.3 is 14.2 Å². The summed E-state index contributed by atoms with van der Waals surface area (Å²) in [5.41, 5.74) is 0. The van der Waals surface area contributed by atoms with Gasteiger partial charge in [-0.05, 0) is 51.4 Å². The minimum atomic E-state index is -0.763. The predicted molar refractivity (Wildman–Crippen MR) is 275 cm³/mol. The second-order valence-corrected chi connectivity index (χ2v) is 19.2. The van der Waals surface area contributed by atoms with E-state index in [4.69, 9.17) is 14.2 Å². The number of hydrogen-bond acceptors (Lipinski definition) is 6. The van der Waals surface area contributed by atoms with E-state index in [1.807, 2.05) is 0 Å². The summed E-state index contributed by atoms with van der Waals surface area (Å²) < 4.78 is 16.8. The van der Waals surface area contributed by atoms with Gasteiger partial charge in [0.1, 0.15) is 13.2 Å². The number of esters is 3. The molecule has 0 saturated heterocycles. The number of allylic oxidation sites excluding steroid dienone is 4. The second-order valence-electron chi connectivity index (χ2n) is 19.2. The molecule has 1 atom stereocenters. The molecule has 0 aromatic carbocycles. The molecule has 0 aliphatic heterocycles. The van der Waals surface area contributed by atoms with Gasteiger partial charge in [-0.2, -0.15) is 0 Å². The maximum atomic E-state index is 12.8. The summed E-state index contributed by atoms with van der Waals surface area (Å²) in [6, 6.07) is 0. The molecule has 0 N–H and O–H groups in total. The molecule has 6 nitrogen and oxygen atoms in total. The molecule has 0 radical (unpaired) electrons. The van der Waals surface area contributed by atoms with Crippen LogP contribution in [-0.4, -0.2) is 37.2 Å². The summed E-state index contributed by atoms with van der Waals surface area (Å²) in [5.74, 6) is -0.854. The SMILES string of the molecule is CCCCCCC/C=C\C/C=C\CCCCCCCCCCCCCCCC(=O)OCC(COC(=O)CCCCCCCCCC)OC(=O)CCCCCCCCCCCCCCC. The molecule has 0 fully saturated rings. The highest BCUT2D eigenvalue weighted by atomic mass is 16.6. The Morgan fingerprint density at radius 2 is 0.562 bits per heavy atom. The van der Waals surface area contributed by atoms with Gasteiger partial charge in [0.2, 0.25) is 0 Å². The van der Waals surface area contributed by atoms with Gasteiger partial charge in [0.25, 0.3) is 0 Å². The molecule has 0 saturated carbocycles. The number of rotatable bonds is 52. The lowest BCUT2D eigenvalue weighted by atomic mass is 10.0. The molecule has 0 spiro atoms. The molecule has 6 heteroatoms. The fourth-order valence-electron chi connectivity index (χ4n) is 8.42. The predicted octanol–water partition coefficient (Wildman–Crippen LogP) is 18.7. The van der Waals surface area contributed by atoms with Crippen molar-refractivity contribution in [3.8, 4) is 0 Å². The van der Waals surface area contributed by atoms with Crippen LogP contribution in [0.25, 0.3) is 0 Å². The quantitative estimate of drug-likeness (QED) is 0.0262. The first-order valence-electron chi connectivity index (χ1n) is 28.3. The van der Waals surface area contributed by atoms with Crippen molar-refractivity contribution in [2.45, 2.75) is 316 Å². The molecule has 0 rings (SSSR count).